The van der Waals surface area contributed by atoms with Crippen molar-refractivity contribution in [2.75, 3.05) is 0 Å². The van der Waals surface area contributed by atoms with E-state index < -0.39 is 5.97 Å². The van der Waals surface area contributed by atoms with Gasteiger partial charge >= 0.3 is 5.97 Å². The first kappa shape index (κ1) is 22.2. The third-order valence-electron chi connectivity index (χ3n) is 5.53. The third kappa shape index (κ3) is 6.27. The highest BCUT2D eigenvalue weighted by molar-refractivity contribution is 5.91. The summed E-state index contributed by atoms with van der Waals surface area (Å²) in [7, 11) is 0. The van der Waals surface area contributed by atoms with E-state index in [1.165, 1.54) is 35.4 Å². The van der Waals surface area contributed by atoms with E-state index in [9.17, 15) is 9.18 Å². The molecule has 0 bridgehead atoms. The molecule has 0 N–H and O–H groups in total. The van der Waals surface area contributed by atoms with E-state index in [0.29, 0.717) is 17.2 Å². The molecular weight excluding hydrogens is 411 g/mol. The van der Waals surface area contributed by atoms with Crippen LogP contribution in [0, 0.1) is 5.82 Å². The van der Waals surface area contributed by atoms with Crippen LogP contribution in [0.3, 0.4) is 0 Å². The Morgan fingerprint density at radius 1 is 0.788 bits per heavy atom. The third-order valence-corrected chi connectivity index (χ3v) is 5.53. The maximum absolute atomic E-state index is 13.0. The van der Waals surface area contributed by atoms with Gasteiger partial charge in [-0.1, -0.05) is 85.8 Å². The topological polar surface area (TPSA) is 26.3 Å². The van der Waals surface area contributed by atoms with Gasteiger partial charge in [0.2, 0.25) is 0 Å². The van der Waals surface area contributed by atoms with E-state index >= 15 is 0 Å². The Kier molecular flexibility index (Phi) is 7.11. The predicted octanol–water partition coefficient (Wildman–Crippen LogP) is 7.56. The van der Waals surface area contributed by atoms with Crippen molar-refractivity contribution < 1.29 is 13.9 Å². The van der Waals surface area contributed by atoms with Crippen molar-refractivity contribution in [1.29, 1.82) is 0 Å². The van der Waals surface area contributed by atoms with Crippen LogP contribution in [0.1, 0.15) is 45.5 Å². The number of carbonyl (C=O) groups excluding carboxylic acids is 1. The highest BCUT2D eigenvalue weighted by atomic mass is 19.1. The van der Waals surface area contributed by atoms with Gasteiger partial charge in [0.05, 0.1) is 5.56 Å². The number of rotatable bonds is 7. The maximum atomic E-state index is 13.0. The van der Waals surface area contributed by atoms with Gasteiger partial charge in [0.15, 0.2) is 0 Å². The second kappa shape index (κ2) is 10.6. The molecule has 164 valence electrons. The summed E-state index contributed by atoms with van der Waals surface area (Å²) < 4.78 is 18.3. The number of hydrogen-bond acceptors (Lipinski definition) is 2. The first-order valence-electron chi connectivity index (χ1n) is 11.0. The molecule has 4 aromatic rings. The largest absolute Gasteiger partial charge is 0.423 e. The average molecular weight is 437 g/mol. The van der Waals surface area contributed by atoms with Gasteiger partial charge in [-0.05, 0) is 71.0 Å². The van der Waals surface area contributed by atoms with Gasteiger partial charge < -0.3 is 4.74 Å². The Balaban J connectivity index is 1.33. The fourth-order valence-electron chi connectivity index (χ4n) is 3.61. The Hall–Kier alpha value is -3.98. The quantitative estimate of drug-likeness (QED) is 0.170. The number of halogens is 1. The van der Waals surface area contributed by atoms with Crippen LogP contribution in [0.25, 0.3) is 12.2 Å². The summed E-state index contributed by atoms with van der Waals surface area (Å²) in [5.41, 5.74) is 5.10. The molecule has 0 aliphatic heterocycles. The van der Waals surface area contributed by atoms with Gasteiger partial charge in [0, 0.05) is 0 Å². The van der Waals surface area contributed by atoms with Crippen molar-refractivity contribution >= 4 is 18.1 Å². The van der Waals surface area contributed by atoms with Crippen molar-refractivity contribution in [2.24, 2.45) is 0 Å². The molecule has 0 radical (unpaired) electrons. The van der Waals surface area contributed by atoms with Crippen molar-refractivity contribution in [3.05, 3.63) is 137 Å². The van der Waals surface area contributed by atoms with Crippen LogP contribution in [0.2, 0.25) is 0 Å². The molecule has 0 amide bonds. The lowest BCUT2D eigenvalue weighted by molar-refractivity contribution is 0.0734. The molecule has 0 aromatic heterocycles. The summed E-state index contributed by atoms with van der Waals surface area (Å²) >= 11 is 0. The molecule has 0 saturated carbocycles. The van der Waals surface area contributed by atoms with Gasteiger partial charge in [0.25, 0.3) is 0 Å². The molecular formula is C30H25FO2. The second-order valence-electron chi connectivity index (χ2n) is 8.06. The molecule has 1 unspecified atom stereocenters. The molecule has 0 spiro atoms. The molecule has 0 fully saturated rings. The van der Waals surface area contributed by atoms with Crippen LogP contribution in [0.15, 0.2) is 103 Å². The zero-order valence-corrected chi connectivity index (χ0v) is 18.4. The lowest BCUT2D eigenvalue weighted by Gasteiger charge is -2.12. The van der Waals surface area contributed by atoms with Crippen LogP contribution < -0.4 is 4.74 Å². The fourth-order valence-corrected chi connectivity index (χ4v) is 3.61. The summed E-state index contributed by atoms with van der Waals surface area (Å²) in [6.45, 7) is 2.25. The van der Waals surface area contributed by atoms with Crippen LogP contribution in [-0.4, -0.2) is 5.97 Å². The van der Waals surface area contributed by atoms with E-state index in [1.54, 1.807) is 12.1 Å². The molecule has 0 aliphatic rings. The Labute approximate surface area is 194 Å². The molecule has 0 heterocycles. The van der Waals surface area contributed by atoms with Crippen LogP contribution in [0.5, 0.6) is 5.75 Å². The number of hydrogen-bond donors (Lipinski definition) is 0. The minimum Gasteiger partial charge on any atom is -0.423 e. The Bertz CT molecular complexity index is 1210. The van der Waals surface area contributed by atoms with Crippen molar-refractivity contribution in [2.45, 2.75) is 19.3 Å². The number of carbonyl (C=O) groups is 1. The molecule has 3 heteroatoms. The Morgan fingerprint density at radius 3 is 1.97 bits per heavy atom. The van der Waals surface area contributed by atoms with Gasteiger partial charge in [0.1, 0.15) is 11.6 Å². The summed E-state index contributed by atoms with van der Waals surface area (Å²) in [4.78, 5) is 12.1. The Morgan fingerprint density at radius 2 is 1.36 bits per heavy atom. The minimum absolute atomic E-state index is 0.307. The highest BCUT2D eigenvalue weighted by Gasteiger charge is 2.08. The summed E-state index contributed by atoms with van der Waals surface area (Å²) in [6.07, 6.45) is 5.09. The first-order chi connectivity index (χ1) is 16.1. The molecule has 1 atom stereocenters. The molecule has 33 heavy (non-hydrogen) atoms. The zero-order valence-electron chi connectivity index (χ0n) is 18.4. The first-order valence-corrected chi connectivity index (χ1v) is 11.0. The van der Waals surface area contributed by atoms with Crippen LogP contribution >= 0.6 is 0 Å². The minimum atomic E-state index is -0.514. The van der Waals surface area contributed by atoms with E-state index in [0.717, 1.165) is 17.5 Å². The highest BCUT2D eigenvalue weighted by Crippen LogP contribution is 2.21. The van der Waals surface area contributed by atoms with E-state index in [4.69, 9.17) is 4.74 Å². The predicted molar refractivity (Wildman–Crippen MR) is 132 cm³/mol. The summed E-state index contributed by atoms with van der Waals surface area (Å²) in [5.74, 6) is 0.0145. The second-order valence-corrected chi connectivity index (χ2v) is 8.06. The van der Waals surface area contributed by atoms with E-state index in [1.807, 2.05) is 24.3 Å². The number of esters is 1. The van der Waals surface area contributed by atoms with Crippen molar-refractivity contribution in [3.8, 4) is 5.75 Å². The molecule has 0 saturated heterocycles. The van der Waals surface area contributed by atoms with E-state index in [-0.39, 0.29) is 5.82 Å². The average Bonchev–Trinajstić information content (AvgIpc) is 2.85. The number of ether oxygens (including phenoxy) is 1. The smallest absolute Gasteiger partial charge is 0.343 e. The van der Waals surface area contributed by atoms with Crippen LogP contribution in [0.4, 0.5) is 4.39 Å². The summed E-state index contributed by atoms with van der Waals surface area (Å²) in [5, 5.41) is 0. The van der Waals surface area contributed by atoms with Crippen LogP contribution in [-0.2, 0) is 6.42 Å². The molecule has 4 aromatic carbocycles. The van der Waals surface area contributed by atoms with Gasteiger partial charge in [-0.15, -0.1) is 0 Å². The van der Waals surface area contributed by atoms with Gasteiger partial charge in [-0.2, -0.15) is 0 Å². The van der Waals surface area contributed by atoms with Crippen molar-refractivity contribution in [3.63, 3.8) is 0 Å². The maximum Gasteiger partial charge on any atom is 0.343 e. The molecule has 2 nitrogen and oxygen atoms in total. The lowest BCUT2D eigenvalue weighted by Crippen LogP contribution is -2.08. The SMILES string of the molecule is CC(Cc1ccc(/C=C/c2ccc(OC(=O)c3ccc(F)cc3)cc2)cc1)c1ccccc1. The van der Waals surface area contributed by atoms with E-state index in [2.05, 4.69) is 61.5 Å². The van der Waals surface area contributed by atoms with Gasteiger partial charge in [-0.25, -0.2) is 9.18 Å². The monoisotopic (exact) mass is 436 g/mol. The van der Waals surface area contributed by atoms with Gasteiger partial charge in [-0.3, -0.25) is 0 Å². The fraction of sp³-hybridized carbons (Fsp3) is 0.100. The standard InChI is InChI=1S/C30H25FO2/c1-22(26-5-3-2-4-6-26)21-25-11-9-23(10-12-25)7-8-24-13-19-29(20-14-24)33-30(32)27-15-17-28(31)18-16-27/h2-20,22H,21H2,1H3/b8-7+. The lowest BCUT2D eigenvalue weighted by atomic mass is 9.93. The molecule has 4 rings (SSSR count). The summed E-state index contributed by atoms with van der Waals surface area (Å²) in [6, 6.07) is 31.7. The zero-order chi connectivity index (χ0) is 23.0. The number of benzene rings is 4. The normalized spacial score (nSPS) is 11.9. The molecule has 0 aliphatic carbocycles. The van der Waals surface area contributed by atoms with Crippen molar-refractivity contribution in [1.82, 2.24) is 0 Å².